The van der Waals surface area contributed by atoms with Gasteiger partial charge in [-0.15, -0.1) is 11.3 Å². The average molecular weight is 289 g/mol. The molecule has 0 saturated carbocycles. The van der Waals surface area contributed by atoms with Crippen molar-refractivity contribution in [1.29, 1.82) is 0 Å². The van der Waals surface area contributed by atoms with Gasteiger partial charge >= 0.3 is 0 Å². The van der Waals surface area contributed by atoms with Crippen LogP contribution in [0.25, 0.3) is 0 Å². The zero-order valence-corrected chi connectivity index (χ0v) is 13.5. The molecule has 0 radical (unpaired) electrons. The van der Waals surface area contributed by atoms with Crippen molar-refractivity contribution in [3.63, 3.8) is 0 Å². The monoisotopic (exact) mass is 289 g/mol. The Balaban J connectivity index is 1.92. The Bertz CT molecular complexity index is 530. The maximum absolute atomic E-state index is 5.66. The lowest BCUT2D eigenvalue weighted by molar-refractivity contribution is 0.242. The standard InChI is InChI=1S/C17H23NOS/c1-12(2)19-16-7-5-15(6-8-16)14(4)18-11-17-13(3)9-10-20-17/h5-10,12,14,18H,11H2,1-4H3. The maximum atomic E-state index is 5.66. The van der Waals surface area contributed by atoms with Gasteiger partial charge in [0.15, 0.2) is 0 Å². The van der Waals surface area contributed by atoms with Crippen molar-refractivity contribution >= 4 is 11.3 Å². The first-order chi connectivity index (χ1) is 9.56. The van der Waals surface area contributed by atoms with E-state index in [-0.39, 0.29) is 6.10 Å². The molecule has 1 heterocycles. The van der Waals surface area contributed by atoms with Gasteiger partial charge in [0.1, 0.15) is 5.75 Å². The van der Waals surface area contributed by atoms with E-state index in [0.717, 1.165) is 12.3 Å². The third-order valence-electron chi connectivity index (χ3n) is 3.29. The molecule has 0 amide bonds. The van der Waals surface area contributed by atoms with Gasteiger partial charge in [-0.1, -0.05) is 12.1 Å². The van der Waals surface area contributed by atoms with Crippen LogP contribution >= 0.6 is 11.3 Å². The predicted molar refractivity (Wildman–Crippen MR) is 86.5 cm³/mol. The molecule has 0 aliphatic carbocycles. The smallest absolute Gasteiger partial charge is 0.119 e. The third-order valence-corrected chi connectivity index (χ3v) is 4.31. The summed E-state index contributed by atoms with van der Waals surface area (Å²) < 4.78 is 5.66. The Morgan fingerprint density at radius 2 is 1.80 bits per heavy atom. The zero-order chi connectivity index (χ0) is 14.5. The highest BCUT2D eigenvalue weighted by Crippen LogP contribution is 2.20. The molecular formula is C17H23NOS. The highest BCUT2D eigenvalue weighted by Gasteiger charge is 2.07. The van der Waals surface area contributed by atoms with E-state index in [4.69, 9.17) is 4.74 Å². The highest BCUT2D eigenvalue weighted by molar-refractivity contribution is 7.10. The largest absolute Gasteiger partial charge is 0.491 e. The van der Waals surface area contributed by atoms with Gasteiger partial charge in [-0.3, -0.25) is 0 Å². The molecule has 1 atom stereocenters. The maximum Gasteiger partial charge on any atom is 0.119 e. The number of nitrogens with one attached hydrogen (secondary N) is 1. The number of hydrogen-bond acceptors (Lipinski definition) is 3. The number of ether oxygens (including phenoxy) is 1. The molecule has 1 aromatic carbocycles. The summed E-state index contributed by atoms with van der Waals surface area (Å²) in [7, 11) is 0. The molecule has 0 bridgehead atoms. The van der Waals surface area contributed by atoms with Crippen LogP contribution in [0.2, 0.25) is 0 Å². The van der Waals surface area contributed by atoms with Crippen LogP contribution in [0.4, 0.5) is 0 Å². The number of aryl methyl sites for hydroxylation is 1. The summed E-state index contributed by atoms with van der Waals surface area (Å²) in [5.74, 6) is 0.935. The Morgan fingerprint density at radius 3 is 2.35 bits per heavy atom. The first kappa shape index (κ1) is 15.1. The minimum atomic E-state index is 0.221. The Labute approximate surface area is 125 Å². The van der Waals surface area contributed by atoms with Crippen LogP contribution in [-0.2, 0) is 6.54 Å². The van der Waals surface area contributed by atoms with Gasteiger partial charge in [0, 0.05) is 17.5 Å². The highest BCUT2D eigenvalue weighted by atomic mass is 32.1. The Morgan fingerprint density at radius 1 is 1.10 bits per heavy atom. The quantitative estimate of drug-likeness (QED) is 0.832. The zero-order valence-electron chi connectivity index (χ0n) is 12.6. The van der Waals surface area contributed by atoms with Crippen molar-refractivity contribution in [3.05, 3.63) is 51.7 Å². The van der Waals surface area contributed by atoms with E-state index in [0.29, 0.717) is 6.04 Å². The van der Waals surface area contributed by atoms with E-state index in [9.17, 15) is 0 Å². The second kappa shape index (κ2) is 6.91. The second-order valence-corrected chi connectivity index (χ2v) is 6.37. The van der Waals surface area contributed by atoms with Crippen molar-refractivity contribution in [3.8, 4) is 5.75 Å². The lowest BCUT2D eigenvalue weighted by atomic mass is 10.1. The molecule has 3 heteroatoms. The Kier molecular flexibility index (Phi) is 5.21. The first-order valence-corrected chi connectivity index (χ1v) is 7.97. The van der Waals surface area contributed by atoms with Crippen LogP contribution in [0.15, 0.2) is 35.7 Å². The predicted octanol–water partition coefficient (Wildman–Crippen LogP) is 4.69. The molecule has 2 rings (SSSR count). The minimum Gasteiger partial charge on any atom is -0.491 e. The van der Waals surface area contributed by atoms with E-state index in [1.54, 1.807) is 0 Å². The number of rotatable bonds is 6. The van der Waals surface area contributed by atoms with Gasteiger partial charge in [0.25, 0.3) is 0 Å². The molecular weight excluding hydrogens is 266 g/mol. The topological polar surface area (TPSA) is 21.3 Å². The first-order valence-electron chi connectivity index (χ1n) is 7.09. The fourth-order valence-electron chi connectivity index (χ4n) is 2.06. The lowest BCUT2D eigenvalue weighted by Crippen LogP contribution is -2.17. The number of benzene rings is 1. The van der Waals surface area contributed by atoms with E-state index in [1.807, 2.05) is 37.3 Å². The fourth-order valence-corrected chi connectivity index (χ4v) is 2.91. The fraction of sp³-hybridized carbons (Fsp3) is 0.412. The van der Waals surface area contributed by atoms with Gasteiger partial charge in [-0.2, -0.15) is 0 Å². The molecule has 0 saturated heterocycles. The van der Waals surface area contributed by atoms with Crippen molar-refractivity contribution in [1.82, 2.24) is 5.32 Å². The van der Waals surface area contributed by atoms with E-state index in [1.165, 1.54) is 16.0 Å². The summed E-state index contributed by atoms with van der Waals surface area (Å²) in [5.41, 5.74) is 2.66. The van der Waals surface area contributed by atoms with Crippen LogP contribution in [0.5, 0.6) is 5.75 Å². The summed E-state index contributed by atoms with van der Waals surface area (Å²) >= 11 is 1.81. The van der Waals surface area contributed by atoms with Gasteiger partial charge in [0.2, 0.25) is 0 Å². The van der Waals surface area contributed by atoms with Crippen LogP contribution in [0.3, 0.4) is 0 Å². The molecule has 0 fully saturated rings. The van der Waals surface area contributed by atoms with E-state index >= 15 is 0 Å². The molecule has 108 valence electrons. The summed E-state index contributed by atoms with van der Waals surface area (Å²) in [4.78, 5) is 1.41. The normalized spacial score (nSPS) is 12.7. The van der Waals surface area contributed by atoms with Crippen LogP contribution in [0.1, 0.15) is 42.8 Å². The molecule has 1 aromatic heterocycles. The SMILES string of the molecule is Cc1ccsc1CNC(C)c1ccc(OC(C)C)cc1. The van der Waals surface area contributed by atoms with Crippen molar-refractivity contribution in [2.24, 2.45) is 0 Å². The van der Waals surface area contributed by atoms with Crippen LogP contribution in [0, 0.1) is 6.92 Å². The molecule has 0 aliphatic rings. The number of thiophene rings is 1. The van der Waals surface area contributed by atoms with Crippen molar-refractivity contribution in [2.45, 2.75) is 46.4 Å². The minimum absolute atomic E-state index is 0.221. The molecule has 0 spiro atoms. The molecule has 2 nitrogen and oxygen atoms in total. The van der Waals surface area contributed by atoms with Gasteiger partial charge in [0.05, 0.1) is 6.10 Å². The van der Waals surface area contributed by atoms with E-state index < -0.39 is 0 Å². The third kappa shape index (κ3) is 4.09. The summed E-state index contributed by atoms with van der Waals surface area (Å²) in [6.07, 6.45) is 0.221. The van der Waals surface area contributed by atoms with Gasteiger partial charge in [-0.25, -0.2) is 0 Å². The number of hydrogen-bond donors (Lipinski definition) is 1. The van der Waals surface area contributed by atoms with E-state index in [2.05, 4.69) is 42.7 Å². The van der Waals surface area contributed by atoms with Gasteiger partial charge in [-0.05, 0) is 62.4 Å². The molecule has 20 heavy (non-hydrogen) atoms. The molecule has 1 unspecified atom stereocenters. The second-order valence-electron chi connectivity index (χ2n) is 5.37. The van der Waals surface area contributed by atoms with Crippen molar-refractivity contribution < 1.29 is 4.74 Å². The van der Waals surface area contributed by atoms with Crippen LogP contribution in [-0.4, -0.2) is 6.10 Å². The van der Waals surface area contributed by atoms with Gasteiger partial charge < -0.3 is 10.1 Å². The van der Waals surface area contributed by atoms with Crippen LogP contribution < -0.4 is 10.1 Å². The average Bonchev–Trinajstić information content (AvgIpc) is 2.82. The van der Waals surface area contributed by atoms with Crippen molar-refractivity contribution in [2.75, 3.05) is 0 Å². The summed E-state index contributed by atoms with van der Waals surface area (Å²) in [6, 6.07) is 10.9. The lowest BCUT2D eigenvalue weighted by Gasteiger charge is -2.15. The molecule has 1 N–H and O–H groups in total. The summed E-state index contributed by atoms with van der Waals surface area (Å²) in [6.45, 7) is 9.37. The summed E-state index contributed by atoms with van der Waals surface area (Å²) in [5, 5.41) is 5.72. The molecule has 2 aromatic rings. The molecule has 0 aliphatic heterocycles. The Hall–Kier alpha value is -1.32.